The third kappa shape index (κ3) is 4.82. The largest absolute Gasteiger partial charge is 0.378 e. The molecule has 1 amide bonds. The van der Waals surface area contributed by atoms with Crippen LogP contribution in [0.2, 0.25) is 0 Å². The maximum atomic E-state index is 13.3. The van der Waals surface area contributed by atoms with Crippen molar-refractivity contribution in [2.75, 3.05) is 50.8 Å². The standard InChI is InChI=1S/C30H37N9O3/c1-3-24-31-22-6-4-5-7-23(22)39(24)30-33-28-27(29(34-30)36-14-16-42-17-15-36)32-25(35(28)2)18-38-13-12-37(19-26(38)41)20-8-10-21(40)11-9-20/h4-7,20H,3,8-19H2,1-2H3. The van der Waals surface area contributed by atoms with Crippen LogP contribution in [-0.4, -0.2) is 103 Å². The van der Waals surface area contributed by atoms with Gasteiger partial charge in [-0.25, -0.2) is 9.97 Å². The van der Waals surface area contributed by atoms with Gasteiger partial charge in [0.25, 0.3) is 0 Å². The number of imidazole rings is 2. The molecule has 12 heteroatoms. The zero-order valence-electron chi connectivity index (χ0n) is 24.3. The summed E-state index contributed by atoms with van der Waals surface area (Å²) >= 11 is 0. The molecular weight excluding hydrogens is 534 g/mol. The van der Waals surface area contributed by atoms with Gasteiger partial charge < -0.3 is 19.1 Å². The van der Waals surface area contributed by atoms with E-state index in [-0.39, 0.29) is 5.91 Å². The Kier molecular flexibility index (Phi) is 7.10. The monoisotopic (exact) mass is 571 g/mol. The predicted octanol–water partition coefficient (Wildman–Crippen LogP) is 2.26. The van der Waals surface area contributed by atoms with Gasteiger partial charge in [0, 0.05) is 58.5 Å². The second-order valence-electron chi connectivity index (χ2n) is 11.5. The summed E-state index contributed by atoms with van der Waals surface area (Å²) in [7, 11) is 1.97. The summed E-state index contributed by atoms with van der Waals surface area (Å²) in [6.07, 6.45) is 3.71. The van der Waals surface area contributed by atoms with Gasteiger partial charge in [-0.05, 0) is 25.0 Å². The number of hydrogen-bond donors (Lipinski definition) is 0. The van der Waals surface area contributed by atoms with E-state index in [1.165, 1.54) is 0 Å². The summed E-state index contributed by atoms with van der Waals surface area (Å²) in [6, 6.07) is 8.39. The molecule has 2 saturated heterocycles. The van der Waals surface area contributed by atoms with E-state index in [1.807, 2.05) is 39.3 Å². The highest BCUT2D eigenvalue weighted by atomic mass is 16.5. The minimum atomic E-state index is 0.0999. The predicted molar refractivity (Wildman–Crippen MR) is 158 cm³/mol. The number of carbonyl (C=O) groups excluding carboxylic acids is 2. The molecule has 2 aliphatic heterocycles. The fraction of sp³-hybridized carbons (Fsp3) is 0.533. The van der Waals surface area contributed by atoms with Gasteiger partial charge in [-0.3, -0.25) is 19.1 Å². The van der Waals surface area contributed by atoms with Crippen molar-refractivity contribution in [2.24, 2.45) is 7.05 Å². The van der Waals surface area contributed by atoms with E-state index in [0.717, 1.165) is 78.6 Å². The Bertz CT molecular complexity index is 1640. The number of morpholine rings is 1. The second-order valence-corrected chi connectivity index (χ2v) is 11.5. The van der Waals surface area contributed by atoms with Crippen LogP contribution in [0.25, 0.3) is 28.1 Å². The molecule has 3 aromatic heterocycles. The molecule has 1 saturated carbocycles. The Balaban J connectivity index is 1.23. The molecule has 1 aliphatic carbocycles. The first-order valence-electron chi connectivity index (χ1n) is 15.1. The summed E-state index contributed by atoms with van der Waals surface area (Å²) in [4.78, 5) is 51.4. The van der Waals surface area contributed by atoms with Crippen molar-refractivity contribution in [1.29, 1.82) is 0 Å². The molecule has 0 unspecified atom stereocenters. The van der Waals surface area contributed by atoms with Gasteiger partial charge in [0.15, 0.2) is 17.0 Å². The Hall–Kier alpha value is -3.90. The topological polar surface area (TPSA) is 115 Å². The summed E-state index contributed by atoms with van der Waals surface area (Å²) in [5.41, 5.74) is 3.34. The first-order chi connectivity index (χ1) is 20.5. The Morgan fingerprint density at radius 2 is 1.71 bits per heavy atom. The molecular formula is C30H37N9O3. The fourth-order valence-electron chi connectivity index (χ4n) is 6.52. The number of nitrogens with zero attached hydrogens (tertiary/aromatic N) is 9. The van der Waals surface area contributed by atoms with Gasteiger partial charge in [-0.2, -0.15) is 9.97 Å². The molecule has 3 fully saturated rings. The van der Waals surface area contributed by atoms with Crippen molar-refractivity contribution < 1.29 is 14.3 Å². The van der Waals surface area contributed by atoms with E-state index in [2.05, 4.69) is 22.8 Å². The summed E-state index contributed by atoms with van der Waals surface area (Å²) in [5.74, 6) is 3.47. The SMILES string of the molecule is CCc1nc2ccccc2n1-c1nc(N2CCOCC2)c2nc(CN3CCN(C4CCC(=O)CC4)CC3=O)n(C)c2n1. The lowest BCUT2D eigenvalue weighted by Gasteiger charge is -2.39. The van der Waals surface area contributed by atoms with E-state index in [4.69, 9.17) is 24.7 Å². The lowest BCUT2D eigenvalue weighted by Crippen LogP contribution is -2.54. The van der Waals surface area contributed by atoms with E-state index in [0.29, 0.717) is 63.5 Å². The smallest absolute Gasteiger partial charge is 0.239 e. The van der Waals surface area contributed by atoms with Gasteiger partial charge in [0.1, 0.15) is 17.4 Å². The molecule has 0 bridgehead atoms. The average Bonchev–Trinajstić information content (AvgIpc) is 3.55. The van der Waals surface area contributed by atoms with Gasteiger partial charge in [-0.1, -0.05) is 19.1 Å². The minimum absolute atomic E-state index is 0.0999. The molecule has 42 heavy (non-hydrogen) atoms. The number of hydrogen-bond acceptors (Lipinski definition) is 9. The summed E-state index contributed by atoms with van der Waals surface area (Å²) in [5, 5.41) is 0. The van der Waals surface area contributed by atoms with Gasteiger partial charge >= 0.3 is 0 Å². The first-order valence-corrected chi connectivity index (χ1v) is 15.1. The third-order valence-corrected chi connectivity index (χ3v) is 8.95. The summed E-state index contributed by atoms with van der Waals surface area (Å²) in [6.45, 7) is 7.03. The number of rotatable bonds is 6. The number of Topliss-reactive ketones (excluding diaryl/α,β-unsaturated/α-hetero) is 1. The van der Waals surface area contributed by atoms with Crippen LogP contribution in [0.1, 0.15) is 44.3 Å². The molecule has 3 aliphatic rings. The normalized spacial score (nSPS) is 19.5. The van der Waals surface area contributed by atoms with Crippen LogP contribution in [-0.2, 0) is 34.3 Å². The number of ketones is 1. The Morgan fingerprint density at radius 3 is 2.48 bits per heavy atom. The van der Waals surface area contributed by atoms with Crippen molar-refractivity contribution in [3.05, 3.63) is 35.9 Å². The van der Waals surface area contributed by atoms with Crippen molar-refractivity contribution in [3.63, 3.8) is 0 Å². The Labute approximate surface area is 244 Å². The molecule has 12 nitrogen and oxygen atoms in total. The molecule has 5 heterocycles. The summed E-state index contributed by atoms with van der Waals surface area (Å²) < 4.78 is 9.69. The Morgan fingerprint density at radius 1 is 0.929 bits per heavy atom. The molecule has 0 radical (unpaired) electrons. The third-order valence-electron chi connectivity index (χ3n) is 8.95. The van der Waals surface area contributed by atoms with E-state index in [1.54, 1.807) is 0 Å². The molecule has 220 valence electrons. The highest BCUT2D eigenvalue weighted by molar-refractivity contribution is 5.86. The number of aryl methyl sites for hydroxylation is 2. The number of aromatic nitrogens is 6. The fourth-order valence-corrected chi connectivity index (χ4v) is 6.52. The quantitative estimate of drug-likeness (QED) is 0.344. The van der Waals surface area contributed by atoms with Crippen LogP contribution in [0.4, 0.5) is 5.82 Å². The molecule has 7 rings (SSSR count). The lowest BCUT2D eigenvalue weighted by atomic mass is 9.93. The van der Waals surface area contributed by atoms with Crippen molar-refractivity contribution in [1.82, 2.24) is 38.9 Å². The van der Waals surface area contributed by atoms with Crippen molar-refractivity contribution in [3.8, 4) is 5.95 Å². The second kappa shape index (κ2) is 11.1. The number of benzene rings is 1. The van der Waals surface area contributed by atoms with Crippen LogP contribution in [0, 0.1) is 0 Å². The van der Waals surface area contributed by atoms with Crippen LogP contribution in [0.3, 0.4) is 0 Å². The lowest BCUT2D eigenvalue weighted by molar-refractivity contribution is -0.138. The maximum Gasteiger partial charge on any atom is 0.239 e. The van der Waals surface area contributed by atoms with Crippen LogP contribution >= 0.6 is 0 Å². The van der Waals surface area contributed by atoms with E-state index >= 15 is 0 Å². The number of fused-ring (bicyclic) bond motifs is 2. The van der Waals surface area contributed by atoms with Crippen LogP contribution < -0.4 is 4.90 Å². The number of para-hydroxylation sites is 2. The zero-order valence-corrected chi connectivity index (χ0v) is 24.3. The number of piperazine rings is 1. The molecule has 4 aromatic rings. The van der Waals surface area contributed by atoms with E-state index < -0.39 is 0 Å². The minimum Gasteiger partial charge on any atom is -0.378 e. The van der Waals surface area contributed by atoms with Gasteiger partial charge in [0.2, 0.25) is 11.9 Å². The van der Waals surface area contributed by atoms with E-state index in [9.17, 15) is 9.59 Å². The molecule has 0 spiro atoms. The van der Waals surface area contributed by atoms with Gasteiger partial charge in [0.05, 0.1) is 37.3 Å². The van der Waals surface area contributed by atoms with Crippen LogP contribution in [0.5, 0.6) is 0 Å². The molecule has 0 atom stereocenters. The highest BCUT2D eigenvalue weighted by Gasteiger charge is 2.32. The number of anilines is 1. The maximum absolute atomic E-state index is 13.3. The molecule has 1 aromatic carbocycles. The van der Waals surface area contributed by atoms with Crippen molar-refractivity contribution >= 4 is 39.7 Å². The number of ether oxygens (including phenoxy) is 1. The number of amides is 1. The zero-order chi connectivity index (χ0) is 28.8. The first kappa shape index (κ1) is 27.0. The highest BCUT2D eigenvalue weighted by Crippen LogP contribution is 2.29. The number of carbonyl (C=O) groups is 2. The van der Waals surface area contributed by atoms with Crippen LogP contribution in [0.15, 0.2) is 24.3 Å². The molecule has 0 N–H and O–H groups in total. The van der Waals surface area contributed by atoms with Crippen molar-refractivity contribution in [2.45, 2.75) is 51.6 Å². The van der Waals surface area contributed by atoms with Gasteiger partial charge in [-0.15, -0.1) is 0 Å². The average molecular weight is 572 g/mol.